The van der Waals surface area contributed by atoms with Crippen LogP contribution in [0.1, 0.15) is 5.56 Å². The Kier molecular flexibility index (Phi) is 5.91. The van der Waals surface area contributed by atoms with Crippen LogP contribution in [0, 0.1) is 0 Å². The average molecular weight is 448 g/mol. The molecule has 1 aromatic carbocycles. The first kappa shape index (κ1) is 21.2. The normalized spacial score (nSPS) is 16.0. The van der Waals surface area contributed by atoms with Crippen molar-refractivity contribution < 1.29 is 13.2 Å². The summed E-state index contributed by atoms with van der Waals surface area (Å²) in [5.41, 5.74) is 3.96. The summed E-state index contributed by atoms with van der Waals surface area (Å²) >= 11 is 0. The van der Waals surface area contributed by atoms with Crippen LogP contribution in [0.15, 0.2) is 28.8 Å². The van der Waals surface area contributed by atoms with Gasteiger partial charge in [-0.3, -0.25) is 10.00 Å². The zero-order valence-electron chi connectivity index (χ0n) is 17.3. The molecule has 0 saturated carbocycles. The average Bonchev–Trinajstić information content (AvgIpc) is 3.33. The Hall–Kier alpha value is -3.00. The van der Waals surface area contributed by atoms with E-state index in [1.54, 1.807) is 14.1 Å². The van der Waals surface area contributed by atoms with Gasteiger partial charge in [-0.2, -0.15) is 13.5 Å². The number of anilines is 1. The molecule has 5 N–H and O–H groups in total. The van der Waals surface area contributed by atoms with E-state index in [1.807, 2.05) is 6.07 Å². The molecule has 1 aliphatic heterocycles. The van der Waals surface area contributed by atoms with Crippen LogP contribution >= 0.6 is 0 Å². The van der Waals surface area contributed by atoms with Crippen LogP contribution in [0.3, 0.4) is 0 Å². The first-order valence-corrected chi connectivity index (χ1v) is 11.2. The summed E-state index contributed by atoms with van der Waals surface area (Å²) < 4.78 is 31.7. The maximum absolute atomic E-state index is 11.4. The van der Waals surface area contributed by atoms with E-state index in [0.717, 1.165) is 43.9 Å². The van der Waals surface area contributed by atoms with Gasteiger partial charge in [-0.1, -0.05) is 6.07 Å². The lowest BCUT2D eigenvalue weighted by atomic mass is 10.2. The Bertz CT molecular complexity index is 1190. The quantitative estimate of drug-likeness (QED) is 0.322. The minimum Gasteiger partial charge on any atom is -0.379 e. The Morgan fingerprint density at radius 2 is 2.13 bits per heavy atom. The molecule has 0 aliphatic carbocycles. The van der Waals surface area contributed by atoms with E-state index in [1.165, 1.54) is 16.7 Å². The van der Waals surface area contributed by atoms with Crippen LogP contribution in [-0.4, -0.2) is 84.7 Å². The van der Waals surface area contributed by atoms with Gasteiger partial charge in [0.25, 0.3) is 0 Å². The number of benzene rings is 1. The third kappa shape index (κ3) is 5.19. The zero-order chi connectivity index (χ0) is 22.0. The van der Waals surface area contributed by atoms with Gasteiger partial charge in [0.2, 0.25) is 5.96 Å². The second-order valence-electron chi connectivity index (χ2n) is 7.43. The number of imidazole rings is 1. The van der Waals surface area contributed by atoms with E-state index in [4.69, 9.17) is 9.88 Å². The van der Waals surface area contributed by atoms with E-state index in [9.17, 15) is 8.42 Å². The van der Waals surface area contributed by atoms with Crippen LogP contribution in [0.4, 0.5) is 5.69 Å². The van der Waals surface area contributed by atoms with Crippen molar-refractivity contribution in [3.63, 3.8) is 0 Å². The number of hydrogen-bond acceptors (Lipinski definition) is 6. The van der Waals surface area contributed by atoms with E-state index in [-0.39, 0.29) is 5.96 Å². The highest BCUT2D eigenvalue weighted by atomic mass is 32.2. The second-order valence-corrected chi connectivity index (χ2v) is 8.65. The smallest absolute Gasteiger partial charge is 0.320 e. The second kappa shape index (κ2) is 8.63. The summed E-state index contributed by atoms with van der Waals surface area (Å²) in [6, 6.07) is 6.12. The largest absolute Gasteiger partial charge is 0.379 e. The molecule has 12 nitrogen and oxygen atoms in total. The molecule has 1 aliphatic rings. The number of hydrogen-bond donors (Lipinski definition) is 4. The predicted molar refractivity (Wildman–Crippen MR) is 118 cm³/mol. The molecule has 31 heavy (non-hydrogen) atoms. The van der Waals surface area contributed by atoms with Crippen molar-refractivity contribution in [1.29, 1.82) is 0 Å². The van der Waals surface area contributed by atoms with Crippen LogP contribution in [0.25, 0.3) is 22.6 Å². The highest BCUT2D eigenvalue weighted by Gasteiger charge is 2.17. The van der Waals surface area contributed by atoms with Gasteiger partial charge in [-0.05, 0) is 17.7 Å². The lowest BCUT2D eigenvalue weighted by molar-refractivity contribution is 0.0342. The minimum absolute atomic E-state index is 0.0501. The topological polar surface area (TPSA) is 158 Å². The number of H-pyrrole nitrogens is 2. The molecule has 0 bridgehead atoms. The number of nitrogens with two attached hydrogens (primary N) is 1. The third-order valence-corrected chi connectivity index (χ3v) is 5.24. The number of rotatable bonds is 5. The number of aromatic amines is 2. The van der Waals surface area contributed by atoms with E-state index >= 15 is 0 Å². The maximum Gasteiger partial charge on any atom is 0.320 e. The fraction of sp³-hybridized carbons (Fsp3) is 0.389. The standard InChI is InChI=1S/C18H25N9O3S/c1-26(2)18(25-31(19,28)29)23-15-10-20-24-16(15)17-21-13-4-3-12(9-14(13)22-17)11-27-5-7-30-8-6-27/h3-4,9-10H,5-8,11H2,1-2H3,(H,20,24)(H,21,22)(H,23,25)(H2,19,28,29). The van der Waals surface area contributed by atoms with Crippen molar-refractivity contribution >= 4 is 32.9 Å². The molecule has 0 spiro atoms. The summed E-state index contributed by atoms with van der Waals surface area (Å²) in [5, 5.41) is 14.9. The number of nitrogens with zero attached hydrogens (tertiary/aromatic N) is 5. The molecule has 13 heteroatoms. The van der Waals surface area contributed by atoms with Crippen molar-refractivity contribution in [1.82, 2.24) is 30.0 Å². The van der Waals surface area contributed by atoms with Crippen molar-refractivity contribution in [2.45, 2.75) is 6.54 Å². The molecule has 166 valence electrons. The Morgan fingerprint density at radius 1 is 1.35 bits per heavy atom. The van der Waals surface area contributed by atoms with Crippen molar-refractivity contribution in [3.05, 3.63) is 30.0 Å². The van der Waals surface area contributed by atoms with Crippen LogP contribution in [0.5, 0.6) is 0 Å². The Labute approximate surface area is 179 Å². The van der Waals surface area contributed by atoms with Gasteiger partial charge < -0.3 is 19.9 Å². The maximum atomic E-state index is 11.4. The summed E-state index contributed by atoms with van der Waals surface area (Å²) in [7, 11) is -0.775. The molecule has 0 atom stereocenters. The monoisotopic (exact) mass is 447 g/mol. The first-order chi connectivity index (χ1) is 14.8. The van der Waals surface area contributed by atoms with E-state index in [2.05, 4.69) is 46.9 Å². The van der Waals surface area contributed by atoms with Crippen molar-refractivity contribution in [2.24, 2.45) is 9.54 Å². The van der Waals surface area contributed by atoms with Gasteiger partial charge in [0.05, 0.1) is 36.1 Å². The molecule has 1 saturated heterocycles. The van der Waals surface area contributed by atoms with Gasteiger partial charge in [-0.25, -0.2) is 10.1 Å². The van der Waals surface area contributed by atoms with Crippen LogP contribution in [0.2, 0.25) is 0 Å². The van der Waals surface area contributed by atoms with Gasteiger partial charge in [0.1, 0.15) is 5.69 Å². The fourth-order valence-electron chi connectivity index (χ4n) is 3.31. The number of guanidine groups is 1. The van der Waals surface area contributed by atoms with Gasteiger partial charge >= 0.3 is 10.2 Å². The molecule has 0 unspecified atom stereocenters. The van der Waals surface area contributed by atoms with Crippen molar-refractivity contribution in [3.8, 4) is 11.5 Å². The van der Waals surface area contributed by atoms with Gasteiger partial charge in [0.15, 0.2) is 5.82 Å². The first-order valence-electron chi connectivity index (χ1n) is 9.68. The number of ether oxygens (including phenoxy) is 1. The molecule has 0 radical (unpaired) electrons. The number of nitrogens with one attached hydrogen (secondary N) is 3. The SMILES string of the molecule is CN(C)C(=NS(N)(=O)=O)Nc1cn[nH]c1-c1nc2ccc(CN3CCOCC3)cc2[nH]1. The summed E-state index contributed by atoms with van der Waals surface area (Å²) in [4.78, 5) is 11.8. The lowest BCUT2D eigenvalue weighted by Crippen LogP contribution is -2.35. The Morgan fingerprint density at radius 3 is 2.84 bits per heavy atom. The summed E-state index contributed by atoms with van der Waals surface area (Å²) in [6.07, 6.45) is 1.52. The van der Waals surface area contributed by atoms with E-state index in [0.29, 0.717) is 17.2 Å². The molecule has 3 aromatic rings. The molecule has 0 amide bonds. The van der Waals surface area contributed by atoms with Crippen molar-refractivity contribution in [2.75, 3.05) is 45.7 Å². The molecule has 2 aromatic heterocycles. The summed E-state index contributed by atoms with van der Waals surface area (Å²) in [5.74, 6) is 0.612. The fourth-order valence-corrected chi connectivity index (χ4v) is 3.76. The van der Waals surface area contributed by atoms with E-state index < -0.39 is 10.2 Å². The highest BCUT2D eigenvalue weighted by Crippen LogP contribution is 2.26. The molecule has 4 rings (SSSR count). The highest BCUT2D eigenvalue weighted by molar-refractivity contribution is 7.88. The lowest BCUT2D eigenvalue weighted by Gasteiger charge is -2.26. The number of morpholine rings is 1. The Balaban J connectivity index is 1.59. The number of fused-ring (bicyclic) bond motifs is 1. The van der Waals surface area contributed by atoms with Crippen LogP contribution in [-0.2, 0) is 21.5 Å². The van der Waals surface area contributed by atoms with Gasteiger partial charge in [0, 0.05) is 33.7 Å². The molecule has 1 fully saturated rings. The molecular weight excluding hydrogens is 422 g/mol. The zero-order valence-corrected chi connectivity index (χ0v) is 18.1. The molecule has 3 heterocycles. The molecular formula is C18H25N9O3S. The van der Waals surface area contributed by atoms with Gasteiger partial charge in [-0.15, -0.1) is 4.40 Å². The third-order valence-electron chi connectivity index (χ3n) is 4.82. The number of aromatic nitrogens is 4. The van der Waals surface area contributed by atoms with Crippen LogP contribution < -0.4 is 10.5 Å². The predicted octanol–water partition coefficient (Wildman–Crippen LogP) is 0.318. The minimum atomic E-state index is -4.07. The summed E-state index contributed by atoms with van der Waals surface area (Å²) in [6.45, 7) is 4.21.